The highest BCUT2D eigenvalue weighted by Crippen LogP contribution is 2.30. The van der Waals surface area contributed by atoms with Gasteiger partial charge in [-0.05, 0) is 32.0 Å². The van der Waals surface area contributed by atoms with Crippen LogP contribution >= 0.6 is 0 Å². The molecule has 2 aromatic carbocycles. The van der Waals surface area contributed by atoms with E-state index < -0.39 is 0 Å². The minimum atomic E-state index is -0.271. The van der Waals surface area contributed by atoms with E-state index in [1.54, 1.807) is 37.0 Å². The Balaban J connectivity index is 1.72. The van der Waals surface area contributed by atoms with Crippen molar-refractivity contribution in [1.82, 2.24) is 19.7 Å². The molecule has 4 N–H and O–H groups in total. The maximum Gasteiger partial charge on any atom is 0.257 e. The fourth-order valence-corrected chi connectivity index (χ4v) is 3.47. The van der Waals surface area contributed by atoms with Gasteiger partial charge in [0.05, 0.1) is 18.2 Å². The number of carbonyl (C=O) groups excluding carboxylic acids is 1. The molecule has 9 nitrogen and oxygen atoms in total. The Morgan fingerprint density at radius 3 is 2.84 bits per heavy atom. The molecule has 9 heteroatoms. The Hall–Kier alpha value is -3.72. The molecule has 2 heterocycles. The normalized spacial score (nSPS) is 12.2. The van der Waals surface area contributed by atoms with Gasteiger partial charge in [-0.25, -0.2) is 9.97 Å². The van der Waals surface area contributed by atoms with Gasteiger partial charge in [0, 0.05) is 60.2 Å². The van der Waals surface area contributed by atoms with Crippen molar-refractivity contribution in [1.29, 1.82) is 0 Å². The van der Waals surface area contributed by atoms with Crippen molar-refractivity contribution in [3.63, 3.8) is 0 Å². The molecule has 1 atom stereocenters. The molecule has 1 amide bonds. The second-order valence-electron chi connectivity index (χ2n) is 7.57. The average molecular weight is 419 g/mol. The second-order valence-corrected chi connectivity index (χ2v) is 7.57. The number of aromatic nitrogens is 4. The van der Waals surface area contributed by atoms with Crippen molar-refractivity contribution in [2.75, 3.05) is 24.3 Å². The topological polar surface area (TPSA) is 120 Å². The third-order valence-corrected chi connectivity index (χ3v) is 4.90. The predicted octanol–water partition coefficient (Wildman–Crippen LogP) is 2.84. The van der Waals surface area contributed by atoms with Gasteiger partial charge in [-0.3, -0.25) is 9.48 Å². The standard InChI is InChI=1S/C22H25N7O2/c1-12(23)9-25-18-6-5-16(21-17(18)10-24-13(2)26-21)22(30)27-15-7-14-11-29(3)28-20(14)19(8-15)31-4/h5-8,10-12,25H,9,23H2,1-4H3,(H,27,30)/t12-/m1/s1. The largest absolute Gasteiger partial charge is 0.494 e. The van der Waals surface area contributed by atoms with Gasteiger partial charge in [0.2, 0.25) is 0 Å². The van der Waals surface area contributed by atoms with E-state index in [1.165, 1.54) is 0 Å². The number of rotatable bonds is 6. The highest BCUT2D eigenvalue weighted by atomic mass is 16.5. The number of hydrogen-bond acceptors (Lipinski definition) is 7. The number of nitrogens with two attached hydrogens (primary N) is 1. The van der Waals surface area contributed by atoms with Crippen LogP contribution in [0, 0.1) is 6.92 Å². The van der Waals surface area contributed by atoms with Crippen molar-refractivity contribution in [3.8, 4) is 5.75 Å². The number of benzene rings is 2. The van der Waals surface area contributed by atoms with Crippen LogP contribution in [0.4, 0.5) is 11.4 Å². The zero-order valence-corrected chi connectivity index (χ0v) is 17.9. The first-order valence-electron chi connectivity index (χ1n) is 9.94. The third kappa shape index (κ3) is 4.13. The van der Waals surface area contributed by atoms with E-state index in [2.05, 4.69) is 25.7 Å². The summed E-state index contributed by atoms with van der Waals surface area (Å²) in [5, 5.41) is 12.3. The van der Waals surface area contributed by atoms with Crippen molar-refractivity contribution >= 4 is 39.1 Å². The molecule has 0 unspecified atom stereocenters. The monoisotopic (exact) mass is 419 g/mol. The average Bonchev–Trinajstić information content (AvgIpc) is 3.10. The molecule has 0 spiro atoms. The first-order chi connectivity index (χ1) is 14.9. The maximum atomic E-state index is 13.2. The van der Waals surface area contributed by atoms with Gasteiger partial charge in [-0.15, -0.1) is 0 Å². The molecule has 0 saturated heterocycles. The number of methoxy groups -OCH3 is 1. The molecule has 0 aliphatic carbocycles. The van der Waals surface area contributed by atoms with Crippen LogP contribution in [0.2, 0.25) is 0 Å². The van der Waals surface area contributed by atoms with Crippen LogP contribution in [0.3, 0.4) is 0 Å². The van der Waals surface area contributed by atoms with Gasteiger partial charge < -0.3 is 21.1 Å². The van der Waals surface area contributed by atoms with Crippen LogP contribution in [0.1, 0.15) is 23.1 Å². The Kier molecular flexibility index (Phi) is 5.43. The third-order valence-electron chi connectivity index (χ3n) is 4.90. The number of anilines is 2. The summed E-state index contributed by atoms with van der Waals surface area (Å²) in [4.78, 5) is 22.0. The lowest BCUT2D eigenvalue weighted by atomic mass is 10.1. The summed E-state index contributed by atoms with van der Waals surface area (Å²) >= 11 is 0. The molecule has 4 aromatic rings. The van der Waals surface area contributed by atoms with Crippen molar-refractivity contribution in [2.45, 2.75) is 19.9 Å². The van der Waals surface area contributed by atoms with Gasteiger partial charge in [0.1, 0.15) is 17.1 Å². The molecule has 0 fully saturated rings. The van der Waals surface area contributed by atoms with E-state index in [0.717, 1.165) is 22.0 Å². The van der Waals surface area contributed by atoms with Gasteiger partial charge in [0.25, 0.3) is 5.91 Å². The highest BCUT2D eigenvalue weighted by Gasteiger charge is 2.17. The molecule has 0 aliphatic heterocycles. The zero-order chi connectivity index (χ0) is 22.1. The number of aryl methyl sites for hydroxylation is 2. The maximum absolute atomic E-state index is 13.2. The minimum absolute atomic E-state index is 0.0123. The molecular weight excluding hydrogens is 394 g/mol. The van der Waals surface area contributed by atoms with Gasteiger partial charge in [0.15, 0.2) is 0 Å². The van der Waals surface area contributed by atoms with E-state index in [4.69, 9.17) is 10.5 Å². The summed E-state index contributed by atoms with van der Waals surface area (Å²) in [6.45, 7) is 4.31. The minimum Gasteiger partial charge on any atom is -0.494 e. The van der Waals surface area contributed by atoms with E-state index >= 15 is 0 Å². The van der Waals surface area contributed by atoms with Gasteiger partial charge in [-0.1, -0.05) is 0 Å². The zero-order valence-electron chi connectivity index (χ0n) is 17.9. The van der Waals surface area contributed by atoms with Crippen LogP contribution in [-0.2, 0) is 7.05 Å². The molecule has 0 aliphatic rings. The number of nitrogens with one attached hydrogen (secondary N) is 2. The molecule has 160 valence electrons. The highest BCUT2D eigenvalue weighted by molar-refractivity contribution is 6.14. The molecule has 4 rings (SSSR count). The van der Waals surface area contributed by atoms with Crippen LogP contribution in [0.25, 0.3) is 21.8 Å². The van der Waals surface area contributed by atoms with Gasteiger partial charge in [-0.2, -0.15) is 5.10 Å². The van der Waals surface area contributed by atoms with Crippen LogP contribution < -0.4 is 21.1 Å². The summed E-state index contributed by atoms with van der Waals surface area (Å²) in [6, 6.07) is 7.22. The van der Waals surface area contributed by atoms with Gasteiger partial charge >= 0.3 is 0 Å². The summed E-state index contributed by atoms with van der Waals surface area (Å²) in [6.07, 6.45) is 3.60. The Bertz CT molecular complexity index is 1280. The van der Waals surface area contributed by atoms with Crippen LogP contribution in [0.5, 0.6) is 5.75 Å². The lowest BCUT2D eigenvalue weighted by Crippen LogP contribution is -2.25. The Labute approximate surface area is 179 Å². The number of ether oxygens (including phenoxy) is 1. The van der Waals surface area contributed by atoms with Crippen LogP contribution in [0.15, 0.2) is 36.7 Å². The van der Waals surface area contributed by atoms with Crippen LogP contribution in [-0.4, -0.2) is 45.4 Å². The molecule has 2 aromatic heterocycles. The first-order valence-corrected chi connectivity index (χ1v) is 9.94. The number of nitrogens with zero attached hydrogens (tertiary/aromatic N) is 4. The SMILES string of the molecule is COc1cc(NC(=O)c2ccc(NC[C@@H](C)N)c3cnc(C)nc23)cc2cn(C)nc12. The summed E-state index contributed by atoms with van der Waals surface area (Å²) in [5.74, 6) is 0.906. The second kappa shape index (κ2) is 8.19. The molecule has 31 heavy (non-hydrogen) atoms. The lowest BCUT2D eigenvalue weighted by Gasteiger charge is -2.14. The van der Waals surface area contributed by atoms with Crippen molar-refractivity contribution in [3.05, 3.63) is 48.0 Å². The number of amides is 1. The molecule has 0 bridgehead atoms. The Morgan fingerprint density at radius 1 is 1.29 bits per heavy atom. The Morgan fingerprint density at radius 2 is 2.10 bits per heavy atom. The predicted molar refractivity (Wildman–Crippen MR) is 122 cm³/mol. The van der Waals surface area contributed by atoms with E-state index in [0.29, 0.717) is 34.9 Å². The van der Waals surface area contributed by atoms with E-state index in [1.807, 2.05) is 32.3 Å². The number of carbonyl (C=O) groups is 1. The summed E-state index contributed by atoms with van der Waals surface area (Å²) in [7, 11) is 3.42. The van der Waals surface area contributed by atoms with Crippen molar-refractivity contribution < 1.29 is 9.53 Å². The lowest BCUT2D eigenvalue weighted by molar-refractivity contribution is 0.102. The van der Waals surface area contributed by atoms with E-state index in [9.17, 15) is 4.79 Å². The van der Waals surface area contributed by atoms with Crippen molar-refractivity contribution in [2.24, 2.45) is 12.8 Å². The molecule has 0 radical (unpaired) electrons. The number of hydrogen-bond donors (Lipinski definition) is 3. The summed E-state index contributed by atoms with van der Waals surface area (Å²) < 4.78 is 7.16. The first kappa shape index (κ1) is 20.5. The molecule has 0 saturated carbocycles. The smallest absolute Gasteiger partial charge is 0.257 e. The summed E-state index contributed by atoms with van der Waals surface area (Å²) in [5.41, 5.74) is 9.08. The molecular formula is C22H25N7O2. The quantitative estimate of drug-likeness (QED) is 0.439. The fraction of sp³-hybridized carbons (Fsp3) is 0.273. The fourth-order valence-electron chi connectivity index (χ4n) is 3.47. The van der Waals surface area contributed by atoms with E-state index in [-0.39, 0.29) is 11.9 Å². The number of fused-ring (bicyclic) bond motifs is 2.